The molecule has 0 fully saturated rings. The van der Waals surface area contributed by atoms with Gasteiger partial charge in [0.25, 0.3) is 0 Å². The normalized spacial score (nSPS) is 10.3. The second kappa shape index (κ2) is 8.09. The first-order valence-electron chi connectivity index (χ1n) is 8.79. The van der Waals surface area contributed by atoms with Crippen LogP contribution < -0.4 is 21.1 Å². The number of hydrogen-bond donors (Lipinski definition) is 3. The molecule has 0 amide bonds. The summed E-state index contributed by atoms with van der Waals surface area (Å²) >= 11 is 0. The molecule has 6 nitrogen and oxygen atoms in total. The van der Waals surface area contributed by atoms with Crippen molar-refractivity contribution in [3.8, 4) is 11.5 Å². The number of aromatic nitrogens is 2. The van der Waals surface area contributed by atoms with Crippen LogP contribution in [0.5, 0.6) is 11.5 Å². The first-order chi connectivity index (χ1) is 13.7. The lowest BCUT2D eigenvalue weighted by molar-refractivity contribution is 0.483. The van der Waals surface area contributed by atoms with Gasteiger partial charge in [0.15, 0.2) is 0 Å². The fourth-order valence-electron chi connectivity index (χ4n) is 2.64. The molecule has 0 aliphatic heterocycles. The van der Waals surface area contributed by atoms with Crippen LogP contribution in [0.1, 0.15) is 0 Å². The maximum Gasteiger partial charge on any atom is 0.135 e. The van der Waals surface area contributed by atoms with E-state index in [9.17, 15) is 0 Å². The van der Waals surface area contributed by atoms with E-state index in [-0.39, 0.29) is 0 Å². The maximum atomic E-state index is 5.81. The third kappa shape index (κ3) is 4.56. The minimum Gasteiger partial charge on any atom is -0.457 e. The van der Waals surface area contributed by atoms with Crippen LogP contribution in [0.25, 0.3) is 0 Å². The van der Waals surface area contributed by atoms with Gasteiger partial charge in [-0.15, -0.1) is 0 Å². The molecule has 138 valence electrons. The number of ether oxygens (including phenoxy) is 1. The molecule has 0 atom stereocenters. The van der Waals surface area contributed by atoms with E-state index in [0.717, 1.165) is 22.9 Å². The Balaban J connectivity index is 1.42. The summed E-state index contributed by atoms with van der Waals surface area (Å²) in [6.07, 6.45) is 1.50. The molecule has 1 aromatic heterocycles. The van der Waals surface area contributed by atoms with Gasteiger partial charge in [0.1, 0.15) is 29.5 Å². The van der Waals surface area contributed by atoms with Gasteiger partial charge >= 0.3 is 0 Å². The van der Waals surface area contributed by atoms with Gasteiger partial charge in [-0.3, -0.25) is 0 Å². The molecule has 0 radical (unpaired) electrons. The molecule has 0 saturated carbocycles. The summed E-state index contributed by atoms with van der Waals surface area (Å²) in [5.74, 6) is 2.92. The fourth-order valence-corrected chi connectivity index (χ4v) is 2.64. The number of nitrogens with one attached hydrogen (secondary N) is 2. The summed E-state index contributed by atoms with van der Waals surface area (Å²) in [4.78, 5) is 8.51. The van der Waals surface area contributed by atoms with Crippen molar-refractivity contribution in [2.45, 2.75) is 0 Å². The summed E-state index contributed by atoms with van der Waals surface area (Å²) in [6.45, 7) is 0. The first-order valence-corrected chi connectivity index (χ1v) is 8.79. The van der Waals surface area contributed by atoms with E-state index < -0.39 is 0 Å². The molecule has 0 aliphatic rings. The highest BCUT2D eigenvalue weighted by Crippen LogP contribution is 2.25. The van der Waals surface area contributed by atoms with Crippen molar-refractivity contribution in [2.75, 3.05) is 16.4 Å². The minimum absolute atomic E-state index is 0.673. The van der Waals surface area contributed by atoms with Crippen LogP contribution in [0.15, 0.2) is 91.3 Å². The number of anilines is 5. The molecule has 6 heteroatoms. The second-order valence-electron chi connectivity index (χ2n) is 6.10. The van der Waals surface area contributed by atoms with Crippen molar-refractivity contribution < 1.29 is 4.74 Å². The Morgan fingerprint density at radius 3 is 2.04 bits per heavy atom. The van der Waals surface area contributed by atoms with Gasteiger partial charge in [0, 0.05) is 23.1 Å². The highest BCUT2D eigenvalue weighted by Gasteiger charge is 2.02. The zero-order valence-electron chi connectivity index (χ0n) is 15.0. The van der Waals surface area contributed by atoms with E-state index in [1.807, 2.05) is 84.9 Å². The van der Waals surface area contributed by atoms with Crippen LogP contribution in [-0.4, -0.2) is 9.97 Å². The molecule has 4 rings (SSSR count). The molecule has 4 N–H and O–H groups in total. The Kier molecular flexibility index (Phi) is 5.02. The largest absolute Gasteiger partial charge is 0.457 e. The molecule has 4 aromatic rings. The lowest BCUT2D eigenvalue weighted by Gasteiger charge is -2.10. The SMILES string of the molecule is Nc1cccc(Nc2cc(Nc3ccc(Oc4ccccc4)cc3)ncn2)c1. The van der Waals surface area contributed by atoms with E-state index in [1.54, 1.807) is 0 Å². The lowest BCUT2D eigenvalue weighted by atomic mass is 10.3. The predicted molar refractivity (Wildman–Crippen MR) is 112 cm³/mol. The third-order valence-corrected chi connectivity index (χ3v) is 3.93. The van der Waals surface area contributed by atoms with E-state index in [4.69, 9.17) is 10.5 Å². The zero-order chi connectivity index (χ0) is 19.2. The van der Waals surface area contributed by atoms with Gasteiger partial charge in [0.2, 0.25) is 0 Å². The summed E-state index contributed by atoms with van der Waals surface area (Å²) in [5, 5.41) is 6.48. The summed E-state index contributed by atoms with van der Waals surface area (Å²) in [6, 6.07) is 26.7. The minimum atomic E-state index is 0.673. The van der Waals surface area contributed by atoms with Crippen molar-refractivity contribution in [3.05, 3.63) is 91.3 Å². The molecule has 3 aromatic carbocycles. The summed E-state index contributed by atoms with van der Waals surface area (Å²) in [5.41, 5.74) is 8.26. The van der Waals surface area contributed by atoms with Gasteiger partial charge in [-0.2, -0.15) is 0 Å². The quantitative estimate of drug-likeness (QED) is 0.398. The number of hydrogen-bond acceptors (Lipinski definition) is 6. The van der Waals surface area contributed by atoms with Crippen LogP contribution in [0.3, 0.4) is 0 Å². The van der Waals surface area contributed by atoms with Gasteiger partial charge in [-0.25, -0.2) is 9.97 Å². The Hall–Kier alpha value is -4.06. The van der Waals surface area contributed by atoms with E-state index in [0.29, 0.717) is 17.3 Å². The molecule has 0 spiro atoms. The van der Waals surface area contributed by atoms with E-state index in [1.165, 1.54) is 6.33 Å². The summed E-state index contributed by atoms with van der Waals surface area (Å²) < 4.78 is 5.81. The first kappa shape index (κ1) is 17.4. The van der Waals surface area contributed by atoms with E-state index in [2.05, 4.69) is 20.6 Å². The zero-order valence-corrected chi connectivity index (χ0v) is 15.0. The van der Waals surface area contributed by atoms with Crippen molar-refractivity contribution in [1.29, 1.82) is 0 Å². The van der Waals surface area contributed by atoms with Crippen LogP contribution in [0.4, 0.5) is 28.7 Å². The van der Waals surface area contributed by atoms with Crippen LogP contribution in [0.2, 0.25) is 0 Å². The number of benzene rings is 3. The molecule has 1 heterocycles. The molecular formula is C22H19N5O. The average molecular weight is 369 g/mol. The highest BCUT2D eigenvalue weighted by molar-refractivity contribution is 5.65. The number of nitrogens with two attached hydrogens (primary N) is 1. The van der Waals surface area contributed by atoms with Gasteiger partial charge in [-0.05, 0) is 54.6 Å². The van der Waals surface area contributed by atoms with Gasteiger partial charge in [0.05, 0.1) is 0 Å². The Morgan fingerprint density at radius 2 is 1.32 bits per heavy atom. The molecule has 28 heavy (non-hydrogen) atoms. The van der Waals surface area contributed by atoms with E-state index >= 15 is 0 Å². The molecule has 0 aliphatic carbocycles. The van der Waals surface area contributed by atoms with Crippen LogP contribution in [-0.2, 0) is 0 Å². The molecular weight excluding hydrogens is 350 g/mol. The smallest absolute Gasteiger partial charge is 0.135 e. The van der Waals surface area contributed by atoms with Crippen molar-refractivity contribution in [2.24, 2.45) is 0 Å². The molecule has 0 unspecified atom stereocenters. The summed E-state index contributed by atoms with van der Waals surface area (Å²) in [7, 11) is 0. The number of nitrogen functional groups attached to an aromatic ring is 1. The highest BCUT2D eigenvalue weighted by atomic mass is 16.5. The number of rotatable bonds is 6. The van der Waals surface area contributed by atoms with Crippen LogP contribution in [0, 0.1) is 0 Å². The predicted octanol–water partition coefficient (Wildman–Crippen LogP) is 5.34. The molecule has 0 bridgehead atoms. The third-order valence-electron chi connectivity index (χ3n) is 3.93. The standard InChI is InChI=1S/C22H19N5O/c23-16-5-4-6-18(13-16)27-22-14-21(24-15-25-22)26-17-9-11-20(12-10-17)28-19-7-2-1-3-8-19/h1-15H,23H2,(H2,24,25,26,27). The average Bonchev–Trinajstić information content (AvgIpc) is 2.71. The molecule has 0 saturated heterocycles. The van der Waals surface area contributed by atoms with Gasteiger partial charge < -0.3 is 21.1 Å². The van der Waals surface area contributed by atoms with Crippen LogP contribution >= 0.6 is 0 Å². The Morgan fingerprint density at radius 1 is 0.643 bits per heavy atom. The van der Waals surface area contributed by atoms with Gasteiger partial charge in [-0.1, -0.05) is 24.3 Å². The Labute approximate surface area is 163 Å². The maximum absolute atomic E-state index is 5.81. The Bertz CT molecular complexity index is 1050. The fraction of sp³-hybridized carbons (Fsp3) is 0. The monoisotopic (exact) mass is 369 g/mol. The topological polar surface area (TPSA) is 85.1 Å². The number of nitrogens with zero attached hydrogens (tertiary/aromatic N) is 2. The van der Waals surface area contributed by atoms with Crippen molar-refractivity contribution in [3.63, 3.8) is 0 Å². The lowest BCUT2D eigenvalue weighted by Crippen LogP contribution is -1.99. The van der Waals surface area contributed by atoms with Crippen molar-refractivity contribution in [1.82, 2.24) is 9.97 Å². The number of para-hydroxylation sites is 1. The van der Waals surface area contributed by atoms with Crippen molar-refractivity contribution >= 4 is 28.7 Å². The second-order valence-corrected chi connectivity index (χ2v) is 6.10.